The summed E-state index contributed by atoms with van der Waals surface area (Å²) in [5.74, 6) is -0.0870. The summed E-state index contributed by atoms with van der Waals surface area (Å²) in [7, 11) is -3.63. The smallest absolute Gasteiger partial charge is 0.253 e. The lowest BCUT2D eigenvalue weighted by molar-refractivity contribution is 0.0773. The van der Waals surface area contributed by atoms with Crippen molar-refractivity contribution in [1.82, 2.24) is 9.21 Å². The van der Waals surface area contributed by atoms with Crippen LogP contribution in [0, 0.1) is 6.92 Å². The number of aryl methyl sites for hydroxylation is 1. The van der Waals surface area contributed by atoms with Gasteiger partial charge in [0.2, 0.25) is 10.0 Å². The van der Waals surface area contributed by atoms with Crippen molar-refractivity contribution >= 4 is 15.9 Å². The van der Waals surface area contributed by atoms with Gasteiger partial charge in [-0.15, -0.1) is 0 Å². The standard InChI is InChI=1S/C21H28N2O3S/c1-5-22(6-2)21(24)19-11-13-20(14-12-19)27(25,26)23(7-3)16-18-10-8-9-17(4)15-18/h8-15H,5-7,16H2,1-4H3. The third-order valence-corrected chi connectivity index (χ3v) is 6.52. The van der Waals surface area contributed by atoms with Crippen LogP contribution >= 0.6 is 0 Å². The molecule has 0 N–H and O–H groups in total. The Bertz CT molecular complexity index is 873. The maximum Gasteiger partial charge on any atom is 0.253 e. The number of nitrogens with zero attached hydrogens (tertiary/aromatic N) is 2. The van der Waals surface area contributed by atoms with Gasteiger partial charge >= 0.3 is 0 Å². The maximum atomic E-state index is 13.0. The van der Waals surface area contributed by atoms with Gasteiger partial charge in [0, 0.05) is 31.7 Å². The molecule has 1 amide bonds. The van der Waals surface area contributed by atoms with E-state index >= 15 is 0 Å². The van der Waals surface area contributed by atoms with Gasteiger partial charge < -0.3 is 4.90 Å². The summed E-state index contributed by atoms with van der Waals surface area (Å²) < 4.78 is 27.5. The first-order chi connectivity index (χ1) is 12.8. The van der Waals surface area contributed by atoms with E-state index in [9.17, 15) is 13.2 Å². The minimum Gasteiger partial charge on any atom is -0.339 e. The molecule has 0 heterocycles. The van der Waals surface area contributed by atoms with E-state index in [2.05, 4.69) is 0 Å². The molecule has 2 rings (SSSR count). The summed E-state index contributed by atoms with van der Waals surface area (Å²) >= 11 is 0. The second kappa shape index (κ2) is 9.15. The minimum atomic E-state index is -3.63. The van der Waals surface area contributed by atoms with Crippen LogP contribution in [0.1, 0.15) is 42.3 Å². The predicted octanol–water partition coefficient (Wildman–Crippen LogP) is 3.69. The predicted molar refractivity (Wildman–Crippen MR) is 108 cm³/mol. The van der Waals surface area contributed by atoms with Crippen LogP contribution in [0.2, 0.25) is 0 Å². The van der Waals surface area contributed by atoms with Crippen LogP contribution in [-0.2, 0) is 16.6 Å². The molecule has 0 aliphatic rings. The van der Waals surface area contributed by atoms with Gasteiger partial charge in [0.1, 0.15) is 0 Å². The molecule has 146 valence electrons. The Balaban J connectivity index is 2.25. The van der Waals surface area contributed by atoms with Crippen LogP contribution in [0.5, 0.6) is 0 Å². The molecule has 0 aromatic heterocycles. The van der Waals surface area contributed by atoms with Crippen LogP contribution in [0.4, 0.5) is 0 Å². The molecule has 6 heteroatoms. The summed E-state index contributed by atoms with van der Waals surface area (Å²) in [6.07, 6.45) is 0. The van der Waals surface area contributed by atoms with Crippen LogP contribution in [0.15, 0.2) is 53.4 Å². The van der Waals surface area contributed by atoms with E-state index in [1.165, 1.54) is 16.4 Å². The Morgan fingerprint density at radius 2 is 1.56 bits per heavy atom. The number of amides is 1. The molecule has 0 bridgehead atoms. The largest absolute Gasteiger partial charge is 0.339 e. The number of sulfonamides is 1. The zero-order chi connectivity index (χ0) is 20.0. The zero-order valence-electron chi connectivity index (χ0n) is 16.5. The van der Waals surface area contributed by atoms with Crippen molar-refractivity contribution in [3.63, 3.8) is 0 Å². The first-order valence-electron chi connectivity index (χ1n) is 9.28. The number of benzene rings is 2. The fraction of sp³-hybridized carbons (Fsp3) is 0.381. The van der Waals surface area contributed by atoms with Crippen LogP contribution in [0.25, 0.3) is 0 Å². The third kappa shape index (κ3) is 4.96. The Morgan fingerprint density at radius 1 is 0.926 bits per heavy atom. The summed E-state index contributed by atoms with van der Waals surface area (Å²) in [6, 6.07) is 14.1. The van der Waals surface area contributed by atoms with E-state index in [0.29, 0.717) is 31.7 Å². The molecule has 0 aliphatic heterocycles. The van der Waals surface area contributed by atoms with Crippen LogP contribution < -0.4 is 0 Å². The number of hydrogen-bond donors (Lipinski definition) is 0. The molecule has 2 aromatic rings. The number of carbonyl (C=O) groups excluding carboxylic acids is 1. The Morgan fingerprint density at radius 3 is 2.07 bits per heavy atom. The van der Waals surface area contributed by atoms with Crippen molar-refractivity contribution in [2.24, 2.45) is 0 Å². The summed E-state index contributed by atoms with van der Waals surface area (Å²) in [5, 5.41) is 0. The van der Waals surface area contributed by atoms with Crippen molar-refractivity contribution in [1.29, 1.82) is 0 Å². The van der Waals surface area contributed by atoms with E-state index in [1.807, 2.05) is 52.0 Å². The fourth-order valence-corrected chi connectivity index (χ4v) is 4.43. The number of carbonyl (C=O) groups is 1. The highest BCUT2D eigenvalue weighted by Gasteiger charge is 2.24. The molecule has 0 atom stereocenters. The molecule has 0 spiro atoms. The topological polar surface area (TPSA) is 57.7 Å². The average molecular weight is 389 g/mol. The fourth-order valence-electron chi connectivity index (χ4n) is 2.99. The average Bonchev–Trinajstić information content (AvgIpc) is 2.67. The van der Waals surface area contributed by atoms with Gasteiger partial charge in [-0.2, -0.15) is 4.31 Å². The Kier molecular flexibility index (Phi) is 7.16. The lowest BCUT2D eigenvalue weighted by Crippen LogP contribution is -2.31. The van der Waals surface area contributed by atoms with Crippen LogP contribution in [0.3, 0.4) is 0 Å². The van der Waals surface area contributed by atoms with Gasteiger partial charge in [-0.25, -0.2) is 8.42 Å². The number of rotatable bonds is 8. The normalized spacial score (nSPS) is 11.6. The third-order valence-electron chi connectivity index (χ3n) is 4.58. The van der Waals surface area contributed by atoms with Gasteiger partial charge in [-0.05, 0) is 50.6 Å². The molecule has 0 unspecified atom stereocenters. The lowest BCUT2D eigenvalue weighted by Gasteiger charge is -2.21. The van der Waals surface area contributed by atoms with E-state index in [1.54, 1.807) is 17.0 Å². The van der Waals surface area contributed by atoms with E-state index < -0.39 is 10.0 Å². The van der Waals surface area contributed by atoms with E-state index in [0.717, 1.165) is 11.1 Å². The van der Waals surface area contributed by atoms with Crippen molar-refractivity contribution in [3.05, 3.63) is 65.2 Å². The molecular weight excluding hydrogens is 360 g/mol. The maximum absolute atomic E-state index is 13.0. The molecule has 0 saturated heterocycles. The summed E-state index contributed by atoms with van der Waals surface area (Å²) in [4.78, 5) is 14.3. The second-order valence-electron chi connectivity index (χ2n) is 6.42. The highest BCUT2D eigenvalue weighted by molar-refractivity contribution is 7.89. The highest BCUT2D eigenvalue weighted by atomic mass is 32.2. The Labute approximate surface area is 162 Å². The Hall–Kier alpha value is -2.18. The molecule has 0 fully saturated rings. The zero-order valence-corrected chi connectivity index (χ0v) is 17.3. The van der Waals surface area contributed by atoms with Crippen LogP contribution in [-0.4, -0.2) is 43.2 Å². The lowest BCUT2D eigenvalue weighted by atomic mass is 10.1. The van der Waals surface area contributed by atoms with Gasteiger partial charge in [-0.1, -0.05) is 36.8 Å². The van der Waals surface area contributed by atoms with Gasteiger partial charge in [0.25, 0.3) is 5.91 Å². The molecule has 0 aliphatic carbocycles. The van der Waals surface area contributed by atoms with Crippen molar-refractivity contribution in [3.8, 4) is 0 Å². The first kappa shape index (κ1) is 21.1. The van der Waals surface area contributed by atoms with Gasteiger partial charge in [-0.3, -0.25) is 4.79 Å². The highest BCUT2D eigenvalue weighted by Crippen LogP contribution is 2.20. The molecule has 0 saturated carbocycles. The quantitative estimate of drug-likeness (QED) is 0.693. The second-order valence-corrected chi connectivity index (χ2v) is 8.36. The monoisotopic (exact) mass is 388 g/mol. The van der Waals surface area contributed by atoms with Crippen molar-refractivity contribution < 1.29 is 13.2 Å². The number of hydrogen-bond acceptors (Lipinski definition) is 3. The van der Waals surface area contributed by atoms with E-state index in [4.69, 9.17) is 0 Å². The minimum absolute atomic E-state index is 0.0870. The van der Waals surface area contributed by atoms with Crippen molar-refractivity contribution in [2.45, 2.75) is 39.1 Å². The SMILES string of the molecule is CCN(CC)C(=O)c1ccc(S(=O)(=O)N(CC)Cc2cccc(C)c2)cc1. The molecule has 27 heavy (non-hydrogen) atoms. The molecule has 2 aromatic carbocycles. The molecule has 5 nitrogen and oxygen atoms in total. The molecule has 0 radical (unpaired) electrons. The van der Waals surface area contributed by atoms with Gasteiger partial charge in [0.15, 0.2) is 0 Å². The van der Waals surface area contributed by atoms with Gasteiger partial charge in [0.05, 0.1) is 4.90 Å². The van der Waals surface area contributed by atoms with Crippen molar-refractivity contribution in [2.75, 3.05) is 19.6 Å². The van der Waals surface area contributed by atoms with E-state index in [-0.39, 0.29) is 10.8 Å². The summed E-state index contributed by atoms with van der Waals surface area (Å²) in [5.41, 5.74) is 2.55. The summed E-state index contributed by atoms with van der Waals surface area (Å²) in [6.45, 7) is 9.59. The first-order valence-corrected chi connectivity index (χ1v) is 10.7. The molecular formula is C21H28N2O3S.